The molecule has 0 aromatic heterocycles. The van der Waals surface area contributed by atoms with Crippen LogP contribution >= 0.6 is 0 Å². The molecule has 0 unspecified atom stereocenters. The van der Waals surface area contributed by atoms with Crippen LogP contribution < -0.4 is 10.4 Å². The van der Waals surface area contributed by atoms with Gasteiger partial charge in [-0.25, -0.2) is 0 Å². The van der Waals surface area contributed by atoms with Crippen molar-refractivity contribution in [2.24, 2.45) is 5.92 Å². The number of hydrogen-bond acceptors (Lipinski definition) is 5. The van der Waals surface area contributed by atoms with Gasteiger partial charge in [-0.05, 0) is 66.7 Å². The van der Waals surface area contributed by atoms with Crippen molar-refractivity contribution in [2.75, 3.05) is 6.61 Å². The molecule has 1 N–H and O–H groups in total. The standard InChI is InChI=1S/C36H58O5Si2/c1-27(28(2)41-42(11,12)34(3,4)5)23-24-31(37)33-32(39-36(9,10)40-33)25-26-38-43(35(6,7)8,29-19-15-13-16-20-29)30-21-17-14-18-22-30/h13-24,27-28,31-33,37H,25-26H2,1-12H3/b24-23-/t27-,28+,31-,32+,33-/m1/s1. The average Bonchev–Trinajstić information content (AvgIpc) is 3.23. The van der Waals surface area contributed by atoms with Crippen molar-refractivity contribution < 1.29 is 23.4 Å². The summed E-state index contributed by atoms with van der Waals surface area (Å²) in [6.45, 7) is 26.8. The van der Waals surface area contributed by atoms with E-state index in [0.29, 0.717) is 13.0 Å². The van der Waals surface area contributed by atoms with E-state index in [0.717, 1.165) is 0 Å². The fourth-order valence-electron chi connectivity index (χ4n) is 5.77. The molecular weight excluding hydrogens is 569 g/mol. The molecule has 0 aliphatic carbocycles. The van der Waals surface area contributed by atoms with Gasteiger partial charge in [0.15, 0.2) is 14.1 Å². The van der Waals surface area contributed by atoms with Gasteiger partial charge in [0.05, 0.1) is 6.10 Å². The molecule has 43 heavy (non-hydrogen) atoms. The first-order valence-corrected chi connectivity index (χ1v) is 20.8. The van der Waals surface area contributed by atoms with Gasteiger partial charge in [0, 0.05) is 12.7 Å². The highest BCUT2D eigenvalue weighted by Crippen LogP contribution is 2.39. The quantitative estimate of drug-likeness (QED) is 0.196. The minimum atomic E-state index is -2.67. The predicted molar refractivity (Wildman–Crippen MR) is 184 cm³/mol. The van der Waals surface area contributed by atoms with Gasteiger partial charge in [0.2, 0.25) is 0 Å². The molecule has 5 nitrogen and oxygen atoms in total. The SMILES string of the molecule is C[C@H](/C=C\[C@@H](O)[C@H]1OC(C)(C)O[C@H]1CCO[Si](c1ccccc1)(c1ccccc1)C(C)(C)C)[C@H](C)O[Si](C)(C)C(C)(C)C. The zero-order valence-electron chi connectivity index (χ0n) is 28.8. The summed E-state index contributed by atoms with van der Waals surface area (Å²) in [7, 11) is -4.55. The third-order valence-corrected chi connectivity index (χ3v) is 19.0. The molecular formula is C36H58O5Si2. The summed E-state index contributed by atoms with van der Waals surface area (Å²) in [5, 5.41) is 13.9. The zero-order valence-corrected chi connectivity index (χ0v) is 30.8. The molecule has 0 spiro atoms. The summed E-state index contributed by atoms with van der Waals surface area (Å²) in [6, 6.07) is 21.3. The van der Waals surface area contributed by atoms with Crippen LogP contribution in [0.3, 0.4) is 0 Å². The Morgan fingerprint density at radius 3 is 1.81 bits per heavy atom. The number of benzene rings is 2. The van der Waals surface area contributed by atoms with Crippen LogP contribution in [0, 0.1) is 5.92 Å². The summed E-state index contributed by atoms with van der Waals surface area (Å²) < 4.78 is 26.3. The predicted octanol–water partition coefficient (Wildman–Crippen LogP) is 7.44. The number of ether oxygens (including phenoxy) is 2. The van der Waals surface area contributed by atoms with Crippen LogP contribution in [0.15, 0.2) is 72.8 Å². The molecule has 240 valence electrons. The molecule has 0 amide bonds. The summed E-state index contributed by atoms with van der Waals surface area (Å²) in [4.78, 5) is 0. The van der Waals surface area contributed by atoms with Crippen molar-refractivity contribution in [3.05, 3.63) is 72.8 Å². The van der Waals surface area contributed by atoms with Gasteiger partial charge in [0.1, 0.15) is 12.2 Å². The van der Waals surface area contributed by atoms with E-state index in [4.69, 9.17) is 18.3 Å². The lowest BCUT2D eigenvalue weighted by Crippen LogP contribution is -2.66. The lowest BCUT2D eigenvalue weighted by atomic mass is 10.0. The van der Waals surface area contributed by atoms with Crippen LogP contribution in [0.4, 0.5) is 0 Å². The fraction of sp³-hybridized carbons (Fsp3) is 0.611. The van der Waals surface area contributed by atoms with Crippen LogP contribution in [-0.4, -0.2) is 58.6 Å². The van der Waals surface area contributed by atoms with Crippen LogP contribution in [0.5, 0.6) is 0 Å². The minimum absolute atomic E-state index is 0.0529. The second-order valence-electron chi connectivity index (χ2n) is 15.3. The highest BCUT2D eigenvalue weighted by atomic mass is 28.4. The number of aliphatic hydroxyl groups is 1. The summed E-state index contributed by atoms with van der Waals surface area (Å²) in [5.41, 5.74) is 0. The Labute approximate surface area is 264 Å². The minimum Gasteiger partial charge on any atom is -0.414 e. The van der Waals surface area contributed by atoms with Crippen molar-refractivity contribution >= 4 is 27.0 Å². The van der Waals surface area contributed by atoms with Gasteiger partial charge in [-0.2, -0.15) is 0 Å². The Morgan fingerprint density at radius 1 is 0.837 bits per heavy atom. The van der Waals surface area contributed by atoms with Crippen molar-refractivity contribution in [1.29, 1.82) is 0 Å². The molecule has 5 atom stereocenters. The lowest BCUT2D eigenvalue weighted by molar-refractivity contribution is -0.153. The normalized spacial score (nSPS) is 22.1. The molecule has 1 fully saturated rings. The highest BCUT2D eigenvalue weighted by molar-refractivity contribution is 6.99. The first kappa shape index (κ1) is 35.9. The average molecular weight is 627 g/mol. The number of rotatable bonds is 12. The van der Waals surface area contributed by atoms with Crippen molar-refractivity contribution in [2.45, 2.75) is 129 Å². The Bertz CT molecular complexity index is 1130. The molecule has 1 saturated heterocycles. The van der Waals surface area contributed by atoms with E-state index < -0.39 is 34.6 Å². The van der Waals surface area contributed by atoms with Crippen LogP contribution in [0.2, 0.25) is 23.2 Å². The molecule has 2 aromatic carbocycles. The van der Waals surface area contributed by atoms with Gasteiger partial charge in [-0.1, -0.05) is 121 Å². The molecule has 0 saturated carbocycles. The Morgan fingerprint density at radius 2 is 1.35 bits per heavy atom. The topological polar surface area (TPSA) is 57.2 Å². The maximum absolute atomic E-state index is 11.3. The molecule has 1 aliphatic rings. The molecule has 3 rings (SSSR count). The van der Waals surface area contributed by atoms with Crippen molar-refractivity contribution in [3.8, 4) is 0 Å². The van der Waals surface area contributed by atoms with Crippen LogP contribution in [0.1, 0.15) is 75.7 Å². The second kappa shape index (κ2) is 13.8. The fourth-order valence-corrected chi connectivity index (χ4v) is 11.8. The Balaban J connectivity index is 1.77. The lowest BCUT2D eigenvalue weighted by Gasteiger charge is -2.43. The smallest absolute Gasteiger partial charge is 0.261 e. The molecule has 7 heteroatoms. The highest BCUT2D eigenvalue weighted by Gasteiger charge is 2.51. The summed E-state index contributed by atoms with van der Waals surface area (Å²) >= 11 is 0. The third kappa shape index (κ3) is 8.57. The third-order valence-electron chi connectivity index (χ3n) is 9.33. The van der Waals surface area contributed by atoms with Gasteiger partial charge in [-0.3, -0.25) is 0 Å². The molecule has 0 radical (unpaired) electrons. The molecule has 2 aromatic rings. The van der Waals surface area contributed by atoms with Gasteiger partial charge < -0.3 is 23.4 Å². The Hall–Kier alpha value is -1.59. The number of hydrogen-bond donors (Lipinski definition) is 1. The summed E-state index contributed by atoms with van der Waals surface area (Å²) in [5.74, 6) is -0.637. The first-order valence-electron chi connectivity index (χ1n) is 16.0. The molecule has 0 bridgehead atoms. The second-order valence-corrected chi connectivity index (χ2v) is 24.3. The largest absolute Gasteiger partial charge is 0.414 e. The zero-order chi connectivity index (χ0) is 32.3. The molecule has 1 heterocycles. The van der Waals surface area contributed by atoms with E-state index in [1.165, 1.54) is 10.4 Å². The van der Waals surface area contributed by atoms with E-state index in [1.54, 1.807) is 0 Å². The van der Waals surface area contributed by atoms with Crippen LogP contribution in [-0.2, 0) is 18.3 Å². The monoisotopic (exact) mass is 626 g/mol. The first-order chi connectivity index (χ1) is 19.8. The molecule has 1 aliphatic heterocycles. The van der Waals surface area contributed by atoms with Crippen LogP contribution in [0.25, 0.3) is 0 Å². The number of aliphatic hydroxyl groups excluding tert-OH is 1. The maximum atomic E-state index is 11.3. The van der Waals surface area contributed by atoms with E-state index in [2.05, 4.69) is 135 Å². The maximum Gasteiger partial charge on any atom is 0.261 e. The van der Waals surface area contributed by atoms with Crippen molar-refractivity contribution in [3.63, 3.8) is 0 Å². The van der Waals surface area contributed by atoms with Gasteiger partial charge >= 0.3 is 0 Å². The van der Waals surface area contributed by atoms with Crippen molar-refractivity contribution in [1.82, 2.24) is 0 Å². The van der Waals surface area contributed by atoms with E-state index in [-0.39, 0.29) is 28.2 Å². The van der Waals surface area contributed by atoms with E-state index in [9.17, 15) is 5.11 Å². The Kier molecular flexibility index (Phi) is 11.5. The van der Waals surface area contributed by atoms with Gasteiger partial charge in [-0.15, -0.1) is 0 Å². The van der Waals surface area contributed by atoms with E-state index in [1.807, 2.05) is 19.9 Å². The van der Waals surface area contributed by atoms with Gasteiger partial charge in [0.25, 0.3) is 8.32 Å². The summed E-state index contributed by atoms with van der Waals surface area (Å²) in [6.07, 6.45) is 3.00. The van der Waals surface area contributed by atoms with E-state index >= 15 is 0 Å².